The molecule has 10 rings (SSSR count). The van der Waals surface area contributed by atoms with Crippen LogP contribution >= 0.6 is 0 Å². The molecule has 5 nitrogen and oxygen atoms in total. The standard InChI is InChI=1S/C68H69N4O.Pt/c1-64(2,3)50-29-32-60-59(40-50)58-31-30-56(43-61(58)72(60)63-41-51(33-34-69-63)67(10,11)48-25-19-15-20-26-48)73-57-39-53(68(12,13)49-27-21-16-22-28-49)38-54(42-57)70-44-62(66(7,8)9)71(45-70)55-36-47(46-23-17-14-18-24-46)35-52(37-55)65(4,5)6;/h14-41,44-45H,1-13H3;/q-3;. The molecule has 380 valence electrons. The third-order valence-corrected chi connectivity index (χ3v) is 15.0. The predicted molar refractivity (Wildman–Crippen MR) is 306 cm³/mol. The number of nitrogens with zero attached hydrogens (tertiary/aromatic N) is 4. The van der Waals surface area contributed by atoms with Crippen molar-refractivity contribution in [3.63, 3.8) is 0 Å². The van der Waals surface area contributed by atoms with E-state index in [-0.39, 0.29) is 48.1 Å². The maximum Gasteiger partial charge on any atom is 0.135 e. The van der Waals surface area contributed by atoms with Crippen LogP contribution in [-0.2, 0) is 42.7 Å². The second kappa shape index (κ2) is 19.5. The van der Waals surface area contributed by atoms with Gasteiger partial charge in [0.2, 0.25) is 0 Å². The quantitative estimate of drug-likeness (QED) is 0.128. The van der Waals surface area contributed by atoms with E-state index in [0.29, 0.717) is 11.5 Å². The van der Waals surface area contributed by atoms with E-state index in [2.05, 4.69) is 293 Å². The summed E-state index contributed by atoms with van der Waals surface area (Å²) in [7, 11) is 0. The number of benzene rings is 7. The molecule has 2 aromatic heterocycles. The van der Waals surface area contributed by atoms with Crippen LogP contribution in [-0.4, -0.2) is 9.55 Å². The zero-order chi connectivity index (χ0) is 51.7. The summed E-state index contributed by atoms with van der Waals surface area (Å²) in [6.07, 6.45) is 4.20. The molecule has 0 amide bonds. The van der Waals surface area contributed by atoms with Crippen molar-refractivity contribution in [2.24, 2.45) is 5.41 Å². The molecule has 0 unspecified atom stereocenters. The van der Waals surface area contributed by atoms with Crippen LogP contribution in [0, 0.1) is 24.2 Å². The second-order valence-electron chi connectivity index (χ2n) is 24.0. The van der Waals surface area contributed by atoms with Crippen molar-refractivity contribution in [1.29, 1.82) is 0 Å². The van der Waals surface area contributed by atoms with Crippen molar-refractivity contribution in [3.05, 3.63) is 234 Å². The average Bonchev–Trinajstić information content (AvgIpc) is 3.97. The Morgan fingerprint density at radius 1 is 0.473 bits per heavy atom. The zero-order valence-corrected chi connectivity index (χ0v) is 47.6. The summed E-state index contributed by atoms with van der Waals surface area (Å²) in [5.74, 6) is 2.03. The maximum absolute atomic E-state index is 7.06. The number of ether oxygens (including phenoxy) is 1. The maximum atomic E-state index is 7.06. The molecule has 0 N–H and O–H groups in total. The largest absolute Gasteiger partial charge is 0.509 e. The number of hydrogen-bond donors (Lipinski definition) is 0. The predicted octanol–water partition coefficient (Wildman–Crippen LogP) is 17.8. The zero-order valence-electron chi connectivity index (χ0n) is 45.3. The van der Waals surface area contributed by atoms with Gasteiger partial charge < -0.3 is 19.1 Å². The minimum absolute atomic E-state index is 0. The molecule has 1 aliphatic heterocycles. The molecule has 0 spiro atoms. The topological polar surface area (TPSA) is 33.5 Å². The van der Waals surface area contributed by atoms with Gasteiger partial charge >= 0.3 is 0 Å². The summed E-state index contributed by atoms with van der Waals surface area (Å²) in [6.45, 7) is 31.9. The molecule has 0 saturated heterocycles. The number of rotatable bonds is 10. The molecular formula is C68H69N4OPt-3. The Labute approximate surface area is 455 Å². The molecule has 7 aromatic carbocycles. The Balaban J connectivity index is 0.00000672. The van der Waals surface area contributed by atoms with Crippen molar-refractivity contribution in [3.8, 4) is 28.4 Å². The van der Waals surface area contributed by atoms with E-state index < -0.39 is 0 Å². The number of hydrogen-bond acceptors (Lipinski definition) is 4. The summed E-state index contributed by atoms with van der Waals surface area (Å²) < 4.78 is 9.32. The fraction of sp³-hybridized carbons (Fsp3) is 0.265. The van der Waals surface area contributed by atoms with Crippen LogP contribution in [0.5, 0.6) is 11.5 Å². The first-order valence-corrected chi connectivity index (χ1v) is 25.8. The van der Waals surface area contributed by atoms with Crippen molar-refractivity contribution in [2.75, 3.05) is 9.80 Å². The van der Waals surface area contributed by atoms with Crippen LogP contribution in [0.3, 0.4) is 0 Å². The van der Waals surface area contributed by atoms with Crippen molar-refractivity contribution in [1.82, 2.24) is 9.55 Å². The number of allylic oxidation sites excluding steroid dienone is 1. The monoisotopic (exact) mass is 1150 g/mol. The van der Waals surface area contributed by atoms with Crippen LogP contribution in [0.25, 0.3) is 38.8 Å². The van der Waals surface area contributed by atoms with Gasteiger partial charge in [-0.1, -0.05) is 205 Å². The molecule has 74 heavy (non-hydrogen) atoms. The second-order valence-corrected chi connectivity index (χ2v) is 24.0. The number of pyridine rings is 1. The fourth-order valence-electron chi connectivity index (χ4n) is 10.1. The Bertz CT molecular complexity index is 3510. The van der Waals surface area contributed by atoms with Crippen LogP contribution in [0.1, 0.15) is 123 Å². The average molecular weight is 1150 g/mol. The minimum Gasteiger partial charge on any atom is -0.509 e. The molecule has 3 heterocycles. The van der Waals surface area contributed by atoms with Gasteiger partial charge in [-0.25, -0.2) is 4.98 Å². The van der Waals surface area contributed by atoms with Crippen LogP contribution < -0.4 is 14.5 Å². The molecule has 0 radical (unpaired) electrons. The van der Waals surface area contributed by atoms with Crippen molar-refractivity contribution < 1.29 is 25.8 Å². The fourth-order valence-corrected chi connectivity index (χ4v) is 10.1. The molecular weight excluding hydrogens is 1080 g/mol. The van der Waals surface area contributed by atoms with E-state index in [1.165, 1.54) is 44.6 Å². The van der Waals surface area contributed by atoms with Gasteiger partial charge in [0.1, 0.15) is 5.82 Å². The van der Waals surface area contributed by atoms with E-state index in [1.807, 2.05) is 6.20 Å². The van der Waals surface area contributed by atoms with E-state index in [9.17, 15) is 0 Å². The normalized spacial score (nSPS) is 13.6. The Morgan fingerprint density at radius 2 is 1.09 bits per heavy atom. The molecule has 0 atom stereocenters. The third kappa shape index (κ3) is 10.1. The van der Waals surface area contributed by atoms with Gasteiger partial charge in [0.25, 0.3) is 0 Å². The minimum atomic E-state index is -0.375. The summed E-state index contributed by atoms with van der Waals surface area (Å²) in [5.41, 5.74) is 13.9. The van der Waals surface area contributed by atoms with Crippen LogP contribution in [0.4, 0.5) is 11.4 Å². The molecule has 9 aromatic rings. The summed E-state index contributed by atoms with van der Waals surface area (Å²) in [4.78, 5) is 9.64. The van der Waals surface area contributed by atoms with Crippen molar-refractivity contribution in [2.45, 2.75) is 112 Å². The molecule has 6 heteroatoms. The van der Waals surface area contributed by atoms with Gasteiger partial charge in [-0.3, -0.25) is 0 Å². The first kappa shape index (κ1) is 52.2. The van der Waals surface area contributed by atoms with Gasteiger partial charge in [-0.2, -0.15) is 6.07 Å². The molecule has 0 bridgehead atoms. The first-order valence-electron chi connectivity index (χ1n) is 25.8. The van der Waals surface area contributed by atoms with Crippen molar-refractivity contribution >= 4 is 33.2 Å². The number of fused-ring (bicyclic) bond motifs is 3. The van der Waals surface area contributed by atoms with E-state index in [0.717, 1.165) is 44.6 Å². The van der Waals surface area contributed by atoms with Crippen LogP contribution in [0.2, 0.25) is 0 Å². The molecule has 0 aliphatic carbocycles. The van der Waals surface area contributed by atoms with Gasteiger partial charge in [0.05, 0.1) is 0 Å². The van der Waals surface area contributed by atoms with E-state index in [1.54, 1.807) is 0 Å². The summed E-state index contributed by atoms with van der Waals surface area (Å²) >= 11 is 0. The van der Waals surface area contributed by atoms with Gasteiger partial charge in [-0.15, -0.1) is 53.6 Å². The Morgan fingerprint density at radius 3 is 1.72 bits per heavy atom. The molecule has 0 fully saturated rings. The van der Waals surface area contributed by atoms with Gasteiger partial charge in [0, 0.05) is 66.5 Å². The van der Waals surface area contributed by atoms with E-state index >= 15 is 0 Å². The number of aromatic nitrogens is 2. The Hall–Kier alpha value is -6.68. The summed E-state index contributed by atoms with van der Waals surface area (Å²) in [6, 6.07) is 66.6. The first-order chi connectivity index (χ1) is 34.6. The Kier molecular flexibility index (Phi) is 13.8. The smallest absolute Gasteiger partial charge is 0.135 e. The van der Waals surface area contributed by atoms with E-state index in [4.69, 9.17) is 9.72 Å². The third-order valence-electron chi connectivity index (χ3n) is 15.0. The molecule has 0 saturated carbocycles. The number of anilines is 2. The van der Waals surface area contributed by atoms with Gasteiger partial charge in [-0.05, 0) is 97.1 Å². The SMILES string of the molecule is CC(C)(C)C1=CN(c2[c-]c(Oc3[c-]c4c(cc3)c3cc(C(C)(C)C)ccc3n4-c3cc(C(C)(C)c4ccccc4)ccn3)cc(C(C)(C)c3ccccc3)c2)[CH-]N1c1cc(-c2ccccc2)cc(C(C)(C)C)c1.[Pt]. The van der Waals surface area contributed by atoms with Crippen LogP contribution in [0.15, 0.2) is 182 Å². The molecule has 1 aliphatic rings. The van der Waals surface area contributed by atoms with Gasteiger partial charge in [0.15, 0.2) is 0 Å². The summed E-state index contributed by atoms with van der Waals surface area (Å²) in [5, 5.41) is 2.24.